The van der Waals surface area contributed by atoms with Gasteiger partial charge in [0.1, 0.15) is 17.1 Å². The van der Waals surface area contributed by atoms with Crippen molar-refractivity contribution in [3.05, 3.63) is 35.5 Å². The number of ketones is 1. The molecule has 3 fully saturated rings. The van der Waals surface area contributed by atoms with E-state index in [1.54, 1.807) is 27.7 Å². The van der Waals surface area contributed by atoms with Crippen LogP contribution in [0.2, 0.25) is 0 Å². The third kappa shape index (κ3) is 1.84. The SMILES string of the molecule is C=C1[C@@]2(C)CC3[C@@](C)(O)C4=CC(=O)OC(C)(C)C4=CC[C@]3(C)[C@@]13C(=O)O[C@@H](C)[C@@]3(O)C2=O. The van der Waals surface area contributed by atoms with E-state index in [4.69, 9.17) is 9.47 Å². The van der Waals surface area contributed by atoms with E-state index in [1.807, 2.05) is 13.0 Å². The molecule has 2 heterocycles. The third-order valence-corrected chi connectivity index (χ3v) is 9.47. The largest absolute Gasteiger partial charge is 0.458 e. The molecule has 172 valence electrons. The molecule has 1 saturated heterocycles. The lowest BCUT2D eigenvalue weighted by molar-refractivity contribution is -0.172. The van der Waals surface area contributed by atoms with Crippen molar-refractivity contribution in [1.82, 2.24) is 0 Å². The van der Waals surface area contributed by atoms with Gasteiger partial charge >= 0.3 is 11.9 Å². The Morgan fingerprint density at radius 3 is 2.31 bits per heavy atom. The highest BCUT2D eigenvalue weighted by Gasteiger charge is 2.88. The van der Waals surface area contributed by atoms with Crippen molar-refractivity contribution in [2.45, 2.75) is 77.3 Å². The van der Waals surface area contributed by atoms with Crippen LogP contribution in [-0.2, 0) is 23.9 Å². The lowest BCUT2D eigenvalue weighted by Crippen LogP contribution is -2.64. The average Bonchev–Trinajstić information content (AvgIpc) is 2.88. The lowest BCUT2D eigenvalue weighted by Gasteiger charge is -2.58. The Kier molecular flexibility index (Phi) is 3.68. The topological polar surface area (TPSA) is 110 Å². The van der Waals surface area contributed by atoms with Gasteiger partial charge in [0.05, 0.1) is 11.0 Å². The monoisotopic (exact) mass is 442 g/mol. The molecule has 1 spiro atoms. The van der Waals surface area contributed by atoms with Crippen LogP contribution in [0, 0.1) is 22.2 Å². The molecule has 3 aliphatic carbocycles. The zero-order valence-corrected chi connectivity index (χ0v) is 19.4. The number of esters is 2. The summed E-state index contributed by atoms with van der Waals surface area (Å²) in [7, 11) is 0. The van der Waals surface area contributed by atoms with E-state index in [2.05, 4.69) is 6.58 Å². The Bertz CT molecular complexity index is 1090. The number of hydrogen-bond donors (Lipinski definition) is 2. The van der Waals surface area contributed by atoms with Crippen LogP contribution in [0.5, 0.6) is 0 Å². The maximum absolute atomic E-state index is 13.8. The van der Waals surface area contributed by atoms with Crippen LogP contribution in [0.25, 0.3) is 0 Å². The highest BCUT2D eigenvalue weighted by molar-refractivity contribution is 6.10. The molecule has 2 bridgehead atoms. The van der Waals surface area contributed by atoms with Gasteiger partial charge < -0.3 is 19.7 Å². The number of carbonyl (C=O) groups is 3. The number of carbonyl (C=O) groups excluding carboxylic acids is 3. The molecule has 7 atom stereocenters. The molecule has 7 nitrogen and oxygen atoms in total. The predicted octanol–water partition coefficient (Wildman–Crippen LogP) is 2.16. The highest BCUT2D eigenvalue weighted by Crippen LogP contribution is 2.78. The number of allylic oxidation sites excluding steroid dienone is 1. The van der Waals surface area contributed by atoms with Gasteiger partial charge in [0.25, 0.3) is 0 Å². The van der Waals surface area contributed by atoms with Crippen LogP contribution < -0.4 is 0 Å². The molecule has 2 aliphatic heterocycles. The van der Waals surface area contributed by atoms with Crippen molar-refractivity contribution in [3.63, 3.8) is 0 Å². The van der Waals surface area contributed by atoms with Crippen molar-refractivity contribution >= 4 is 17.7 Å². The Balaban J connectivity index is 1.86. The highest BCUT2D eigenvalue weighted by atomic mass is 16.6. The Morgan fingerprint density at radius 2 is 1.69 bits per heavy atom. The molecular formula is C25H30O7. The number of rotatable bonds is 0. The normalized spacial score (nSPS) is 51.0. The maximum atomic E-state index is 13.8. The van der Waals surface area contributed by atoms with Crippen LogP contribution in [0.3, 0.4) is 0 Å². The van der Waals surface area contributed by atoms with Gasteiger partial charge in [-0.3, -0.25) is 9.59 Å². The summed E-state index contributed by atoms with van der Waals surface area (Å²) in [6.45, 7) is 14.4. The summed E-state index contributed by atoms with van der Waals surface area (Å²) in [5, 5.41) is 24.0. The van der Waals surface area contributed by atoms with Crippen molar-refractivity contribution in [3.8, 4) is 0 Å². The molecule has 32 heavy (non-hydrogen) atoms. The van der Waals surface area contributed by atoms with E-state index < -0.39 is 62.8 Å². The van der Waals surface area contributed by atoms with E-state index >= 15 is 0 Å². The minimum Gasteiger partial charge on any atom is -0.458 e. The first-order valence-corrected chi connectivity index (χ1v) is 11.1. The summed E-state index contributed by atoms with van der Waals surface area (Å²) in [6, 6.07) is 0. The van der Waals surface area contributed by atoms with Gasteiger partial charge in [-0.15, -0.1) is 0 Å². The standard InChI is InChI=1S/C25H30O7/c1-12-21(5)11-16-22(6,24(12)19(28)31-13(2)25(24,30)18(21)27)9-8-14-15(23(16,7)29)10-17(26)32-20(14,3)4/h8,10,13,16,29-30H,1,9,11H2,2-7H3/t13-,16?,21+,22-,23-,24-,25+/m0/s1. The van der Waals surface area contributed by atoms with Gasteiger partial charge in [0.2, 0.25) is 0 Å². The van der Waals surface area contributed by atoms with Gasteiger partial charge in [0, 0.05) is 17.4 Å². The van der Waals surface area contributed by atoms with Crippen LogP contribution in [-0.4, -0.2) is 50.8 Å². The molecule has 0 aromatic carbocycles. The van der Waals surface area contributed by atoms with E-state index in [9.17, 15) is 24.6 Å². The summed E-state index contributed by atoms with van der Waals surface area (Å²) in [6.07, 6.45) is 2.58. The van der Waals surface area contributed by atoms with Crippen molar-refractivity contribution in [1.29, 1.82) is 0 Å². The van der Waals surface area contributed by atoms with Crippen LogP contribution in [0.15, 0.2) is 35.5 Å². The lowest BCUT2D eigenvalue weighted by atomic mass is 9.43. The zero-order chi connectivity index (χ0) is 23.9. The number of ether oxygens (including phenoxy) is 2. The molecule has 0 aromatic rings. The van der Waals surface area contributed by atoms with Gasteiger partial charge in [-0.25, -0.2) is 4.79 Å². The van der Waals surface area contributed by atoms with Crippen LogP contribution in [0.1, 0.15) is 54.4 Å². The second-order valence-electron chi connectivity index (χ2n) is 11.3. The minimum atomic E-state index is -2.08. The zero-order valence-electron chi connectivity index (χ0n) is 19.4. The average molecular weight is 443 g/mol. The second kappa shape index (κ2) is 5.45. The fourth-order valence-corrected chi connectivity index (χ4v) is 7.84. The van der Waals surface area contributed by atoms with E-state index in [-0.39, 0.29) is 12.8 Å². The van der Waals surface area contributed by atoms with E-state index in [1.165, 1.54) is 13.0 Å². The first-order valence-electron chi connectivity index (χ1n) is 11.1. The fourth-order valence-electron chi connectivity index (χ4n) is 7.84. The van der Waals surface area contributed by atoms with Gasteiger partial charge in [0.15, 0.2) is 11.4 Å². The van der Waals surface area contributed by atoms with Crippen molar-refractivity contribution in [2.24, 2.45) is 22.2 Å². The Labute approximate surface area is 187 Å². The molecule has 2 N–H and O–H groups in total. The Morgan fingerprint density at radius 1 is 1.06 bits per heavy atom. The van der Waals surface area contributed by atoms with E-state index in [0.29, 0.717) is 16.7 Å². The first kappa shape index (κ1) is 21.6. The number of hydrogen-bond acceptors (Lipinski definition) is 7. The Hall–Kier alpha value is -2.25. The molecule has 7 heteroatoms. The number of cyclic esters (lactones) is 2. The summed E-state index contributed by atoms with van der Waals surface area (Å²) in [5.41, 5.74) is -7.25. The third-order valence-electron chi connectivity index (χ3n) is 9.47. The van der Waals surface area contributed by atoms with Crippen molar-refractivity contribution < 1.29 is 34.1 Å². The second-order valence-corrected chi connectivity index (χ2v) is 11.3. The van der Waals surface area contributed by atoms with Gasteiger partial charge in [-0.05, 0) is 64.2 Å². The molecule has 1 unspecified atom stereocenters. The molecule has 0 amide bonds. The number of fused-ring (bicyclic) bond motifs is 3. The van der Waals surface area contributed by atoms with Crippen LogP contribution >= 0.6 is 0 Å². The maximum Gasteiger partial charge on any atom is 0.332 e. The van der Waals surface area contributed by atoms with Gasteiger partial charge in [-0.2, -0.15) is 0 Å². The number of aliphatic hydroxyl groups is 2. The molecule has 2 saturated carbocycles. The van der Waals surface area contributed by atoms with Crippen molar-refractivity contribution in [2.75, 3.05) is 0 Å². The summed E-state index contributed by atoms with van der Waals surface area (Å²) >= 11 is 0. The molecule has 5 aliphatic rings. The predicted molar refractivity (Wildman–Crippen MR) is 113 cm³/mol. The molecular weight excluding hydrogens is 412 g/mol. The molecule has 0 aromatic heterocycles. The summed E-state index contributed by atoms with van der Waals surface area (Å²) < 4.78 is 11.1. The quantitative estimate of drug-likeness (QED) is 0.437. The van der Waals surface area contributed by atoms with E-state index in [0.717, 1.165) is 0 Å². The smallest absolute Gasteiger partial charge is 0.332 e. The fraction of sp³-hybridized carbons (Fsp3) is 0.640. The molecule has 5 rings (SSSR count). The number of Topliss-reactive ketones (excluding diaryl/α,β-unsaturated/α-hetero) is 1. The van der Waals surface area contributed by atoms with Gasteiger partial charge in [-0.1, -0.05) is 19.6 Å². The summed E-state index contributed by atoms with van der Waals surface area (Å²) in [4.78, 5) is 39.7. The minimum absolute atomic E-state index is 0.187. The van der Waals surface area contributed by atoms with Crippen LogP contribution in [0.4, 0.5) is 0 Å². The molecule has 0 radical (unpaired) electrons. The first-order chi connectivity index (χ1) is 14.5. The summed E-state index contributed by atoms with van der Waals surface area (Å²) in [5.74, 6) is -2.37.